The molecule has 0 amide bonds. The summed E-state index contributed by atoms with van der Waals surface area (Å²) < 4.78 is 0. The van der Waals surface area contributed by atoms with Crippen LogP contribution in [0.15, 0.2) is 78.4 Å². The fraction of sp³-hybridized carbons (Fsp3) is 0. The third-order valence-corrected chi connectivity index (χ3v) is 3.71. The van der Waals surface area contributed by atoms with E-state index >= 15 is 0 Å². The highest BCUT2D eigenvalue weighted by atomic mass is 16.4. The molecule has 4 nitrogen and oxygen atoms in total. The number of aromatic carboxylic acids is 1. The highest BCUT2D eigenvalue weighted by molar-refractivity contribution is 6.04. The zero-order valence-electron chi connectivity index (χ0n) is 12.6. The number of hydrogen-bond acceptors (Lipinski definition) is 3. The van der Waals surface area contributed by atoms with E-state index in [4.69, 9.17) is 0 Å². The number of carbonyl (C=O) groups is 2. The van der Waals surface area contributed by atoms with Gasteiger partial charge in [-0.05, 0) is 40.5 Å². The molecule has 0 fully saturated rings. The molecular formula is C20H13O4-. The molecule has 0 saturated heterocycles. The zero-order chi connectivity index (χ0) is 17.1. The molecule has 0 saturated carbocycles. The van der Waals surface area contributed by atoms with Crippen molar-refractivity contribution in [1.29, 1.82) is 0 Å². The molecule has 0 aromatic heterocycles. The van der Waals surface area contributed by atoms with Crippen LogP contribution in [0.1, 0.15) is 21.5 Å². The molecule has 1 aliphatic rings. The summed E-state index contributed by atoms with van der Waals surface area (Å²) in [6.45, 7) is 0. The first kappa shape index (κ1) is 15.5. The lowest BCUT2D eigenvalue weighted by Gasteiger charge is -2.16. The second-order valence-electron chi connectivity index (χ2n) is 5.27. The second kappa shape index (κ2) is 6.38. The van der Waals surface area contributed by atoms with Crippen LogP contribution in [-0.2, 0) is 4.79 Å². The van der Waals surface area contributed by atoms with E-state index in [9.17, 15) is 19.8 Å². The highest BCUT2D eigenvalue weighted by Gasteiger charge is 2.17. The van der Waals surface area contributed by atoms with Crippen LogP contribution in [0.4, 0.5) is 0 Å². The van der Waals surface area contributed by atoms with Crippen molar-refractivity contribution in [1.82, 2.24) is 0 Å². The Hall–Kier alpha value is -3.40. The number of rotatable bonds is 3. The van der Waals surface area contributed by atoms with Crippen molar-refractivity contribution in [3.05, 3.63) is 95.1 Å². The maximum atomic E-state index is 11.6. The van der Waals surface area contributed by atoms with Crippen LogP contribution in [0.2, 0.25) is 0 Å². The van der Waals surface area contributed by atoms with Crippen LogP contribution < -0.4 is 5.11 Å². The smallest absolute Gasteiger partial charge is 0.336 e. The number of benzene rings is 2. The van der Waals surface area contributed by atoms with Crippen LogP contribution in [-0.4, -0.2) is 16.9 Å². The van der Waals surface area contributed by atoms with E-state index in [0.29, 0.717) is 22.3 Å². The lowest BCUT2D eigenvalue weighted by molar-refractivity contribution is -0.268. The molecule has 2 aromatic carbocycles. The summed E-state index contributed by atoms with van der Waals surface area (Å²) in [7, 11) is 0. The van der Waals surface area contributed by atoms with E-state index in [-0.39, 0.29) is 17.1 Å². The van der Waals surface area contributed by atoms with Gasteiger partial charge in [-0.1, -0.05) is 54.6 Å². The topological polar surface area (TPSA) is 77.4 Å². The van der Waals surface area contributed by atoms with Crippen molar-refractivity contribution in [3.8, 4) is 5.75 Å². The first-order chi connectivity index (χ1) is 11.6. The molecule has 0 unspecified atom stereocenters. The van der Waals surface area contributed by atoms with Gasteiger partial charge in [0.15, 0.2) is 5.78 Å². The summed E-state index contributed by atoms with van der Waals surface area (Å²) >= 11 is 0. The molecule has 0 radical (unpaired) electrons. The summed E-state index contributed by atoms with van der Waals surface area (Å²) in [6, 6.07) is 12.8. The molecule has 4 heteroatoms. The first-order valence-corrected chi connectivity index (χ1v) is 7.31. The van der Waals surface area contributed by atoms with Gasteiger partial charge in [0, 0.05) is 0 Å². The molecule has 0 bridgehead atoms. The van der Waals surface area contributed by atoms with Gasteiger partial charge in [0.25, 0.3) is 0 Å². The van der Waals surface area contributed by atoms with Gasteiger partial charge in [-0.15, -0.1) is 5.75 Å². The van der Waals surface area contributed by atoms with E-state index in [0.717, 1.165) is 0 Å². The Balaban J connectivity index is 2.28. The minimum Gasteiger partial charge on any atom is -0.872 e. The number of allylic oxidation sites excluding steroid dienone is 5. The number of carboxylic acids is 1. The van der Waals surface area contributed by atoms with Crippen LogP contribution in [0.5, 0.6) is 5.75 Å². The van der Waals surface area contributed by atoms with Crippen molar-refractivity contribution in [2.24, 2.45) is 0 Å². The fourth-order valence-electron chi connectivity index (χ4n) is 2.61. The molecule has 0 spiro atoms. The highest BCUT2D eigenvalue weighted by Crippen LogP contribution is 2.32. The summed E-state index contributed by atoms with van der Waals surface area (Å²) in [6.07, 6.45) is 6.17. The molecular weight excluding hydrogens is 304 g/mol. The lowest BCUT2D eigenvalue weighted by Crippen LogP contribution is -2.05. The van der Waals surface area contributed by atoms with E-state index < -0.39 is 5.97 Å². The monoisotopic (exact) mass is 317 g/mol. The van der Waals surface area contributed by atoms with Crippen molar-refractivity contribution in [2.75, 3.05) is 0 Å². The Kier molecular flexibility index (Phi) is 4.12. The van der Waals surface area contributed by atoms with Gasteiger partial charge in [-0.3, -0.25) is 4.79 Å². The Bertz CT molecular complexity index is 881. The maximum Gasteiger partial charge on any atom is 0.336 e. The normalized spacial score (nSPS) is 13.2. The van der Waals surface area contributed by atoms with Crippen LogP contribution in [0, 0.1) is 0 Å². The molecule has 3 rings (SSSR count). The molecule has 0 aliphatic heterocycles. The predicted molar refractivity (Wildman–Crippen MR) is 88.6 cm³/mol. The predicted octanol–water partition coefficient (Wildman–Crippen LogP) is 2.96. The van der Waals surface area contributed by atoms with E-state index in [2.05, 4.69) is 0 Å². The molecule has 24 heavy (non-hydrogen) atoms. The van der Waals surface area contributed by atoms with Gasteiger partial charge in [-0.25, -0.2) is 4.79 Å². The van der Waals surface area contributed by atoms with Crippen molar-refractivity contribution < 1.29 is 19.8 Å². The fourth-order valence-corrected chi connectivity index (χ4v) is 2.61. The van der Waals surface area contributed by atoms with Gasteiger partial charge in [-0.2, -0.15) is 0 Å². The Labute approximate surface area is 138 Å². The van der Waals surface area contributed by atoms with Crippen molar-refractivity contribution >= 4 is 17.3 Å². The second-order valence-corrected chi connectivity index (χ2v) is 5.27. The van der Waals surface area contributed by atoms with E-state index in [1.165, 1.54) is 30.4 Å². The minimum absolute atomic E-state index is 0.125. The summed E-state index contributed by atoms with van der Waals surface area (Å²) in [5, 5.41) is 20.9. The summed E-state index contributed by atoms with van der Waals surface area (Å²) in [5.41, 5.74) is 2.77. The van der Waals surface area contributed by atoms with E-state index in [1.54, 1.807) is 42.5 Å². The quantitative estimate of drug-likeness (QED) is 0.944. The average molecular weight is 317 g/mol. The van der Waals surface area contributed by atoms with Gasteiger partial charge >= 0.3 is 5.97 Å². The average Bonchev–Trinajstić information content (AvgIpc) is 2.59. The Morgan fingerprint density at radius 1 is 0.833 bits per heavy atom. The SMILES string of the molecule is O=C1C=CC(=C(c2ccc([O-])cc2)c2ccccc2C(=O)O)C=C1. The van der Waals surface area contributed by atoms with Crippen molar-refractivity contribution in [2.45, 2.75) is 0 Å². The van der Waals surface area contributed by atoms with Crippen LogP contribution in [0.25, 0.3) is 5.57 Å². The summed E-state index contributed by atoms with van der Waals surface area (Å²) in [4.78, 5) is 23.0. The van der Waals surface area contributed by atoms with E-state index in [1.807, 2.05) is 0 Å². The van der Waals surface area contributed by atoms with Gasteiger partial charge < -0.3 is 10.2 Å². The lowest BCUT2D eigenvalue weighted by atomic mass is 9.88. The zero-order valence-corrected chi connectivity index (χ0v) is 12.6. The number of carbonyl (C=O) groups excluding carboxylic acids is 1. The molecule has 1 N–H and O–H groups in total. The maximum absolute atomic E-state index is 11.6. The largest absolute Gasteiger partial charge is 0.872 e. The van der Waals surface area contributed by atoms with Crippen LogP contribution in [0.3, 0.4) is 0 Å². The molecule has 1 aliphatic carbocycles. The third kappa shape index (κ3) is 3.03. The molecule has 0 atom stereocenters. The third-order valence-electron chi connectivity index (χ3n) is 3.71. The standard InChI is InChI=1S/C20H14O4/c21-15-9-5-13(6-10-15)19(14-7-11-16(22)12-8-14)17-3-1-2-4-18(17)20(23)24/h1-12,21H,(H,23,24)/p-1. The Morgan fingerprint density at radius 3 is 2.00 bits per heavy atom. The molecule has 118 valence electrons. The Morgan fingerprint density at radius 2 is 1.42 bits per heavy atom. The van der Waals surface area contributed by atoms with Crippen LogP contribution >= 0.6 is 0 Å². The van der Waals surface area contributed by atoms with Gasteiger partial charge in [0.05, 0.1) is 5.56 Å². The van der Waals surface area contributed by atoms with Gasteiger partial charge in [0.1, 0.15) is 0 Å². The molecule has 0 heterocycles. The first-order valence-electron chi connectivity index (χ1n) is 7.31. The van der Waals surface area contributed by atoms with Crippen molar-refractivity contribution in [3.63, 3.8) is 0 Å². The summed E-state index contributed by atoms with van der Waals surface area (Å²) in [5.74, 6) is -1.29. The van der Waals surface area contributed by atoms with Gasteiger partial charge in [0.2, 0.25) is 0 Å². The number of hydrogen-bond donors (Lipinski definition) is 1. The number of ketones is 1. The number of carboxylic acid groups (broad SMARTS) is 1. The molecule has 2 aromatic rings. The minimum atomic E-state index is -1.04.